The normalized spacial score (nSPS) is 16.1. The van der Waals surface area contributed by atoms with Crippen LogP contribution in [0.25, 0.3) is 0 Å². The molecule has 0 saturated heterocycles. The molecule has 1 heterocycles. The largest absolute Gasteiger partial charge is 0.495 e. The van der Waals surface area contributed by atoms with Crippen LogP contribution in [0.1, 0.15) is 11.1 Å². The number of carbonyl (C=O) groups excluding carboxylic acids is 1. The topological polar surface area (TPSA) is 47.6 Å². The molecule has 0 saturated carbocycles. The van der Waals surface area contributed by atoms with Gasteiger partial charge in [-0.1, -0.05) is 23.2 Å². The smallest absolute Gasteiger partial charge is 0.231 e. The van der Waals surface area contributed by atoms with Crippen LogP contribution in [0.4, 0.5) is 5.69 Å². The first-order valence-corrected chi connectivity index (χ1v) is 8.29. The molecular formula is C18H17Cl2NO3. The average Bonchev–Trinajstić information content (AvgIpc) is 2.57. The van der Waals surface area contributed by atoms with Crippen molar-refractivity contribution in [1.82, 2.24) is 0 Å². The number of fused-ring (bicyclic) bond motifs is 1. The van der Waals surface area contributed by atoms with E-state index in [1.165, 1.54) is 0 Å². The lowest BCUT2D eigenvalue weighted by Crippen LogP contribution is -2.32. The SMILES string of the molecule is COc1cc(Cl)c(C)cc1NC(=O)[C@H]1COc2ccc(Cl)cc2C1. The van der Waals surface area contributed by atoms with Crippen molar-refractivity contribution in [3.63, 3.8) is 0 Å². The minimum absolute atomic E-state index is 0.124. The molecule has 0 fully saturated rings. The molecule has 1 N–H and O–H groups in total. The van der Waals surface area contributed by atoms with Crippen LogP contribution in [0.3, 0.4) is 0 Å². The monoisotopic (exact) mass is 365 g/mol. The third-order valence-electron chi connectivity index (χ3n) is 4.04. The zero-order chi connectivity index (χ0) is 17.3. The number of aryl methyl sites for hydroxylation is 1. The van der Waals surface area contributed by atoms with Crippen LogP contribution in [-0.4, -0.2) is 19.6 Å². The molecule has 2 aromatic carbocycles. The van der Waals surface area contributed by atoms with Crippen molar-refractivity contribution in [2.24, 2.45) is 5.92 Å². The zero-order valence-electron chi connectivity index (χ0n) is 13.4. The Kier molecular flexibility index (Phi) is 4.88. The van der Waals surface area contributed by atoms with Gasteiger partial charge in [0, 0.05) is 16.1 Å². The molecule has 3 rings (SSSR count). The quantitative estimate of drug-likeness (QED) is 0.870. The van der Waals surface area contributed by atoms with Crippen LogP contribution in [0, 0.1) is 12.8 Å². The molecule has 0 aliphatic carbocycles. The number of carbonyl (C=O) groups is 1. The number of methoxy groups -OCH3 is 1. The van der Waals surface area contributed by atoms with E-state index in [2.05, 4.69) is 5.32 Å². The highest BCUT2D eigenvalue weighted by Gasteiger charge is 2.27. The van der Waals surface area contributed by atoms with Crippen LogP contribution >= 0.6 is 23.2 Å². The first-order valence-electron chi connectivity index (χ1n) is 7.54. The summed E-state index contributed by atoms with van der Waals surface area (Å²) in [6.45, 7) is 2.20. The fourth-order valence-electron chi connectivity index (χ4n) is 2.70. The first kappa shape index (κ1) is 16.9. The Morgan fingerprint density at radius 3 is 2.83 bits per heavy atom. The fourth-order valence-corrected chi connectivity index (χ4v) is 3.04. The molecule has 0 bridgehead atoms. The number of ether oxygens (including phenoxy) is 2. The molecule has 0 spiro atoms. The average molecular weight is 366 g/mol. The van der Waals surface area contributed by atoms with Crippen LogP contribution in [0.2, 0.25) is 10.0 Å². The zero-order valence-corrected chi connectivity index (χ0v) is 14.9. The fraction of sp³-hybridized carbons (Fsp3) is 0.278. The van der Waals surface area contributed by atoms with E-state index in [1.807, 2.05) is 19.1 Å². The second-order valence-corrected chi connectivity index (χ2v) is 6.60. The summed E-state index contributed by atoms with van der Waals surface area (Å²) in [5.41, 5.74) is 2.40. The Morgan fingerprint density at radius 1 is 1.29 bits per heavy atom. The van der Waals surface area contributed by atoms with Gasteiger partial charge in [-0.3, -0.25) is 4.79 Å². The van der Waals surface area contributed by atoms with Crippen molar-refractivity contribution < 1.29 is 14.3 Å². The van der Waals surface area contributed by atoms with Crippen molar-refractivity contribution in [1.29, 1.82) is 0 Å². The van der Waals surface area contributed by atoms with Gasteiger partial charge in [-0.25, -0.2) is 0 Å². The molecule has 1 atom stereocenters. The number of hydrogen-bond acceptors (Lipinski definition) is 3. The van der Waals surface area contributed by atoms with E-state index in [0.29, 0.717) is 34.5 Å². The summed E-state index contributed by atoms with van der Waals surface area (Å²) in [4.78, 5) is 12.6. The predicted octanol–water partition coefficient (Wildman–Crippen LogP) is 4.50. The molecule has 126 valence electrons. The maximum atomic E-state index is 12.6. The van der Waals surface area contributed by atoms with Gasteiger partial charge < -0.3 is 14.8 Å². The molecule has 1 aliphatic rings. The van der Waals surface area contributed by atoms with Crippen molar-refractivity contribution in [2.75, 3.05) is 19.0 Å². The van der Waals surface area contributed by atoms with Crippen LogP contribution in [0.5, 0.6) is 11.5 Å². The van der Waals surface area contributed by atoms with Crippen molar-refractivity contribution in [3.05, 3.63) is 51.5 Å². The predicted molar refractivity (Wildman–Crippen MR) is 95.5 cm³/mol. The summed E-state index contributed by atoms with van der Waals surface area (Å²) in [6, 6.07) is 8.94. The molecule has 4 nitrogen and oxygen atoms in total. The van der Waals surface area contributed by atoms with E-state index in [0.717, 1.165) is 16.9 Å². The van der Waals surface area contributed by atoms with Gasteiger partial charge in [0.15, 0.2) is 0 Å². The highest BCUT2D eigenvalue weighted by molar-refractivity contribution is 6.31. The van der Waals surface area contributed by atoms with Crippen molar-refractivity contribution in [3.8, 4) is 11.5 Å². The minimum Gasteiger partial charge on any atom is -0.495 e. The van der Waals surface area contributed by atoms with E-state index in [9.17, 15) is 4.79 Å². The van der Waals surface area contributed by atoms with Gasteiger partial charge in [-0.2, -0.15) is 0 Å². The molecule has 1 aliphatic heterocycles. The van der Waals surface area contributed by atoms with Crippen LogP contribution in [0.15, 0.2) is 30.3 Å². The van der Waals surface area contributed by atoms with E-state index in [4.69, 9.17) is 32.7 Å². The second kappa shape index (κ2) is 6.91. The maximum Gasteiger partial charge on any atom is 0.231 e. The van der Waals surface area contributed by atoms with Gasteiger partial charge in [-0.05, 0) is 48.7 Å². The molecule has 1 amide bonds. The standard InChI is InChI=1S/C18H17Cl2NO3/c1-10-5-15(17(23-2)8-14(10)20)21-18(22)12-6-11-7-13(19)3-4-16(11)24-9-12/h3-5,7-8,12H,6,9H2,1-2H3,(H,21,22)/t12-/m1/s1. The molecule has 24 heavy (non-hydrogen) atoms. The second-order valence-electron chi connectivity index (χ2n) is 5.76. The molecule has 0 unspecified atom stereocenters. The molecule has 6 heteroatoms. The molecular weight excluding hydrogens is 349 g/mol. The summed E-state index contributed by atoms with van der Waals surface area (Å²) >= 11 is 12.1. The lowest BCUT2D eigenvalue weighted by Gasteiger charge is -2.25. The number of halogens is 2. The van der Waals surface area contributed by atoms with Gasteiger partial charge in [0.25, 0.3) is 0 Å². The summed E-state index contributed by atoms with van der Waals surface area (Å²) in [5.74, 6) is 0.889. The Morgan fingerprint density at radius 2 is 2.08 bits per heavy atom. The number of benzene rings is 2. The van der Waals surface area contributed by atoms with Gasteiger partial charge in [0.1, 0.15) is 18.1 Å². The third kappa shape index (κ3) is 3.45. The summed E-state index contributed by atoms with van der Waals surface area (Å²) < 4.78 is 11.0. The molecule has 2 aromatic rings. The minimum atomic E-state index is -0.295. The summed E-state index contributed by atoms with van der Waals surface area (Å²) in [6.07, 6.45) is 0.580. The number of anilines is 1. The lowest BCUT2D eigenvalue weighted by atomic mass is 9.96. The van der Waals surface area contributed by atoms with Gasteiger partial charge >= 0.3 is 0 Å². The van der Waals surface area contributed by atoms with Gasteiger partial charge in [0.2, 0.25) is 5.91 Å². The summed E-state index contributed by atoms with van der Waals surface area (Å²) in [7, 11) is 1.54. The van der Waals surface area contributed by atoms with Crippen LogP contribution in [-0.2, 0) is 11.2 Å². The number of rotatable bonds is 3. The van der Waals surface area contributed by atoms with E-state index >= 15 is 0 Å². The van der Waals surface area contributed by atoms with Gasteiger partial charge in [0.05, 0.1) is 18.7 Å². The number of hydrogen-bond donors (Lipinski definition) is 1. The van der Waals surface area contributed by atoms with Crippen molar-refractivity contribution in [2.45, 2.75) is 13.3 Å². The van der Waals surface area contributed by atoms with Gasteiger partial charge in [-0.15, -0.1) is 0 Å². The Balaban J connectivity index is 1.78. The Hall–Kier alpha value is -1.91. The van der Waals surface area contributed by atoms with E-state index in [-0.39, 0.29) is 11.8 Å². The number of amides is 1. The maximum absolute atomic E-state index is 12.6. The number of nitrogens with one attached hydrogen (secondary N) is 1. The third-order valence-corrected chi connectivity index (χ3v) is 4.68. The highest BCUT2D eigenvalue weighted by atomic mass is 35.5. The molecule has 0 radical (unpaired) electrons. The van der Waals surface area contributed by atoms with Crippen LogP contribution < -0.4 is 14.8 Å². The molecule has 0 aromatic heterocycles. The highest BCUT2D eigenvalue weighted by Crippen LogP contribution is 2.33. The Bertz CT molecular complexity index is 792. The van der Waals surface area contributed by atoms with E-state index in [1.54, 1.807) is 25.3 Å². The Labute approximate surface area is 150 Å². The first-order chi connectivity index (χ1) is 11.5. The summed E-state index contributed by atoms with van der Waals surface area (Å²) in [5, 5.41) is 4.13. The van der Waals surface area contributed by atoms with Crippen molar-refractivity contribution >= 4 is 34.8 Å². The lowest BCUT2D eigenvalue weighted by molar-refractivity contribution is -0.121. The van der Waals surface area contributed by atoms with E-state index < -0.39 is 0 Å².